The average Bonchev–Trinajstić information content (AvgIpc) is 2.65. The zero-order valence-electron chi connectivity index (χ0n) is 14.1. The minimum atomic E-state index is -3.78. The monoisotopic (exact) mass is 464 g/mol. The molecule has 3 rings (SSSR count). The summed E-state index contributed by atoms with van der Waals surface area (Å²) >= 11 is 3.25. The third-order valence-electron chi connectivity index (χ3n) is 3.82. The number of amides is 1. The van der Waals surface area contributed by atoms with Crippen LogP contribution < -0.4 is 5.32 Å². The van der Waals surface area contributed by atoms with Gasteiger partial charge in [0.25, 0.3) is 5.91 Å². The van der Waals surface area contributed by atoms with E-state index in [1.807, 2.05) is 0 Å². The third-order valence-corrected chi connectivity index (χ3v) is 6.11. The number of carboxylic acid groups (broad SMARTS) is 1. The summed E-state index contributed by atoms with van der Waals surface area (Å²) in [6.45, 7) is -0.623. The lowest BCUT2D eigenvalue weighted by atomic mass is 10.2. The van der Waals surface area contributed by atoms with Crippen LogP contribution in [-0.2, 0) is 14.6 Å². The first-order chi connectivity index (χ1) is 13.2. The fourth-order valence-corrected chi connectivity index (χ4v) is 4.03. The number of carboxylic acids is 1. The van der Waals surface area contributed by atoms with E-state index < -0.39 is 34.0 Å². The van der Waals surface area contributed by atoms with Crippen LogP contribution in [0.25, 0.3) is 10.9 Å². The second-order valence-corrected chi connectivity index (χ2v) is 8.61. The van der Waals surface area contributed by atoms with Crippen LogP contribution >= 0.6 is 15.9 Å². The minimum Gasteiger partial charge on any atom is -0.505 e. The summed E-state index contributed by atoms with van der Waals surface area (Å²) in [6.07, 6.45) is 0. The molecular formula is C18H13BrN2O6S. The Morgan fingerprint density at radius 2 is 1.68 bits per heavy atom. The van der Waals surface area contributed by atoms with Gasteiger partial charge in [0.05, 0.1) is 15.3 Å². The van der Waals surface area contributed by atoms with Gasteiger partial charge >= 0.3 is 5.97 Å². The Balaban J connectivity index is 2.00. The molecule has 0 aliphatic rings. The Hall–Kier alpha value is -2.98. The molecule has 0 aliphatic heterocycles. The van der Waals surface area contributed by atoms with Gasteiger partial charge in [-0.2, -0.15) is 0 Å². The summed E-state index contributed by atoms with van der Waals surface area (Å²) < 4.78 is 26.3. The maximum absolute atomic E-state index is 12.8. The minimum absolute atomic E-state index is 0.00611. The van der Waals surface area contributed by atoms with Crippen LogP contribution in [0.15, 0.2) is 62.8 Å². The number of carbonyl (C=O) groups excluding carboxylic acids is 1. The number of rotatable bonds is 5. The van der Waals surface area contributed by atoms with Crippen molar-refractivity contribution < 1.29 is 28.2 Å². The molecule has 0 aliphatic carbocycles. The lowest BCUT2D eigenvalue weighted by Crippen LogP contribution is -2.29. The summed E-state index contributed by atoms with van der Waals surface area (Å²) in [5, 5.41) is 21.1. The first-order valence-corrected chi connectivity index (χ1v) is 10.1. The van der Waals surface area contributed by atoms with Gasteiger partial charge in [0.1, 0.15) is 12.3 Å². The van der Waals surface area contributed by atoms with E-state index in [0.717, 1.165) is 4.47 Å². The highest BCUT2D eigenvalue weighted by molar-refractivity contribution is 9.10. The van der Waals surface area contributed by atoms with Crippen molar-refractivity contribution in [2.75, 3.05) is 6.54 Å². The molecule has 0 unspecified atom stereocenters. The number of aromatic hydroxyl groups is 1. The Bertz CT molecular complexity index is 1190. The quantitative estimate of drug-likeness (QED) is 0.527. The van der Waals surface area contributed by atoms with Crippen molar-refractivity contribution in [2.24, 2.45) is 0 Å². The second-order valence-electron chi connectivity index (χ2n) is 5.74. The molecule has 1 aromatic heterocycles. The van der Waals surface area contributed by atoms with Crippen LogP contribution in [0, 0.1) is 0 Å². The predicted molar refractivity (Wildman–Crippen MR) is 103 cm³/mol. The van der Waals surface area contributed by atoms with Crippen LogP contribution in [0.2, 0.25) is 0 Å². The number of pyridine rings is 1. The molecule has 0 atom stereocenters. The fourth-order valence-electron chi connectivity index (χ4n) is 2.47. The van der Waals surface area contributed by atoms with E-state index in [1.54, 1.807) is 12.1 Å². The smallest absolute Gasteiger partial charge is 0.322 e. The number of nitrogens with one attached hydrogen (secondary N) is 1. The molecular weight excluding hydrogens is 452 g/mol. The number of hydrogen-bond acceptors (Lipinski definition) is 6. The maximum atomic E-state index is 12.8. The molecule has 0 bridgehead atoms. The summed E-state index contributed by atoms with van der Waals surface area (Å²) in [6, 6.07) is 11.5. The molecule has 3 aromatic rings. The number of carbonyl (C=O) groups is 2. The molecule has 1 heterocycles. The molecule has 0 fully saturated rings. The Morgan fingerprint density at radius 1 is 1.04 bits per heavy atom. The van der Waals surface area contributed by atoms with Gasteiger partial charge in [0.2, 0.25) is 9.84 Å². The van der Waals surface area contributed by atoms with Crippen LogP contribution in [0.4, 0.5) is 0 Å². The fraction of sp³-hybridized carbons (Fsp3) is 0.0556. The number of halogens is 1. The molecule has 8 nitrogen and oxygen atoms in total. The Morgan fingerprint density at radius 3 is 2.32 bits per heavy atom. The summed E-state index contributed by atoms with van der Waals surface area (Å²) in [5.74, 6) is -2.58. The molecule has 0 spiro atoms. The van der Waals surface area contributed by atoms with E-state index in [-0.39, 0.29) is 21.0 Å². The van der Waals surface area contributed by atoms with Crippen LogP contribution in [0.1, 0.15) is 10.5 Å². The predicted octanol–water partition coefficient (Wildman–Crippen LogP) is 2.35. The van der Waals surface area contributed by atoms with E-state index in [1.165, 1.54) is 36.4 Å². The summed E-state index contributed by atoms with van der Waals surface area (Å²) in [7, 11) is -3.78. The number of hydrogen-bond donors (Lipinski definition) is 3. The van der Waals surface area contributed by atoms with Crippen molar-refractivity contribution in [3.8, 4) is 5.75 Å². The normalized spacial score (nSPS) is 11.3. The molecule has 0 saturated carbocycles. The number of fused-ring (bicyclic) bond motifs is 1. The number of aromatic nitrogens is 1. The SMILES string of the molecule is O=C(O)CNC(=O)c1nc2ccc(S(=O)(=O)c3ccc(Br)cc3)cc2cc1O. The van der Waals surface area contributed by atoms with E-state index in [0.29, 0.717) is 5.39 Å². The number of nitrogens with zero attached hydrogens (tertiary/aromatic N) is 1. The molecule has 1 amide bonds. The standard InChI is InChI=1S/C18H13BrN2O6S/c19-11-1-3-12(4-2-11)28(26,27)13-5-6-14-10(7-13)8-15(22)17(21-14)18(25)20-9-16(23)24/h1-8,22H,9H2,(H,20,25)(H,23,24). The second kappa shape index (κ2) is 7.56. The number of benzene rings is 2. The van der Waals surface area contributed by atoms with E-state index in [4.69, 9.17) is 5.11 Å². The van der Waals surface area contributed by atoms with Crippen molar-refractivity contribution in [1.29, 1.82) is 0 Å². The zero-order chi connectivity index (χ0) is 20.5. The van der Waals surface area contributed by atoms with E-state index in [2.05, 4.69) is 26.2 Å². The van der Waals surface area contributed by atoms with Gasteiger partial charge in [0, 0.05) is 9.86 Å². The van der Waals surface area contributed by atoms with Crippen molar-refractivity contribution in [3.05, 3.63) is 58.7 Å². The van der Waals surface area contributed by atoms with Gasteiger partial charge in [0.15, 0.2) is 5.69 Å². The summed E-state index contributed by atoms with van der Waals surface area (Å²) in [4.78, 5) is 26.6. The van der Waals surface area contributed by atoms with Crippen molar-refractivity contribution in [2.45, 2.75) is 9.79 Å². The first-order valence-electron chi connectivity index (χ1n) is 7.83. The molecule has 2 aromatic carbocycles. The highest BCUT2D eigenvalue weighted by Crippen LogP contribution is 2.28. The zero-order valence-corrected chi connectivity index (χ0v) is 16.5. The molecule has 0 saturated heterocycles. The molecule has 0 radical (unpaired) electrons. The van der Waals surface area contributed by atoms with Crippen molar-refractivity contribution in [3.63, 3.8) is 0 Å². The Kier molecular flexibility index (Phi) is 5.34. The van der Waals surface area contributed by atoms with Gasteiger partial charge < -0.3 is 15.5 Å². The first kappa shape index (κ1) is 19.8. The Labute approximate surface area is 167 Å². The average molecular weight is 465 g/mol. The number of aliphatic carboxylic acids is 1. The van der Waals surface area contributed by atoms with Gasteiger partial charge in [-0.1, -0.05) is 15.9 Å². The highest BCUT2D eigenvalue weighted by Gasteiger charge is 2.20. The summed E-state index contributed by atoms with van der Waals surface area (Å²) in [5.41, 5.74) is -0.0784. The topological polar surface area (TPSA) is 134 Å². The third kappa shape index (κ3) is 3.97. The van der Waals surface area contributed by atoms with Crippen LogP contribution in [0.5, 0.6) is 5.75 Å². The van der Waals surface area contributed by atoms with E-state index in [9.17, 15) is 23.1 Å². The lowest BCUT2D eigenvalue weighted by molar-refractivity contribution is -0.135. The largest absolute Gasteiger partial charge is 0.505 e. The molecule has 3 N–H and O–H groups in total. The number of sulfone groups is 1. The van der Waals surface area contributed by atoms with Crippen molar-refractivity contribution in [1.82, 2.24) is 10.3 Å². The maximum Gasteiger partial charge on any atom is 0.322 e. The van der Waals surface area contributed by atoms with Gasteiger partial charge in [-0.3, -0.25) is 9.59 Å². The highest BCUT2D eigenvalue weighted by atomic mass is 79.9. The van der Waals surface area contributed by atoms with Gasteiger partial charge in [-0.25, -0.2) is 13.4 Å². The lowest BCUT2D eigenvalue weighted by Gasteiger charge is -2.09. The van der Waals surface area contributed by atoms with Crippen LogP contribution in [0.3, 0.4) is 0 Å². The van der Waals surface area contributed by atoms with Gasteiger partial charge in [-0.15, -0.1) is 0 Å². The van der Waals surface area contributed by atoms with Crippen molar-refractivity contribution >= 4 is 48.5 Å². The van der Waals surface area contributed by atoms with Gasteiger partial charge in [-0.05, 0) is 48.5 Å². The van der Waals surface area contributed by atoms with E-state index >= 15 is 0 Å². The molecule has 144 valence electrons. The van der Waals surface area contributed by atoms with Crippen LogP contribution in [-0.4, -0.2) is 42.0 Å². The molecule has 10 heteroatoms. The molecule has 28 heavy (non-hydrogen) atoms.